The molecule has 0 radical (unpaired) electrons. The third-order valence-corrected chi connectivity index (χ3v) is 2.73. The van der Waals surface area contributed by atoms with Crippen LogP contribution in [-0.2, 0) is 0 Å². The highest BCUT2D eigenvalue weighted by Gasteiger charge is 2.12. The van der Waals surface area contributed by atoms with E-state index in [-0.39, 0.29) is 11.3 Å². The number of benzene rings is 2. The zero-order valence-electron chi connectivity index (χ0n) is 11.2. The Kier molecular flexibility index (Phi) is 4.36. The zero-order valence-corrected chi connectivity index (χ0v) is 11.2. The molecule has 6 heteroatoms. The number of nitrogens with one attached hydrogen (secondary N) is 2. The van der Waals surface area contributed by atoms with Gasteiger partial charge in [0.15, 0.2) is 0 Å². The van der Waals surface area contributed by atoms with Gasteiger partial charge in [-0.15, -0.1) is 0 Å². The fourth-order valence-electron chi connectivity index (χ4n) is 1.77. The highest BCUT2D eigenvalue weighted by atomic mass is 19.1. The molecule has 2 N–H and O–H groups in total. The van der Waals surface area contributed by atoms with Gasteiger partial charge in [0.1, 0.15) is 23.2 Å². The van der Waals surface area contributed by atoms with Gasteiger partial charge in [-0.2, -0.15) is 5.26 Å². The summed E-state index contributed by atoms with van der Waals surface area (Å²) in [6.07, 6.45) is 0. The van der Waals surface area contributed by atoms with Crippen molar-refractivity contribution in [2.75, 3.05) is 17.7 Å². The SMILES string of the molecule is COc1ccccc1NC(=O)Nc1cccc(F)c1C#N. The number of halogens is 1. The first-order valence-electron chi connectivity index (χ1n) is 6.05. The van der Waals surface area contributed by atoms with Crippen molar-refractivity contribution in [1.82, 2.24) is 0 Å². The van der Waals surface area contributed by atoms with Gasteiger partial charge in [0, 0.05) is 0 Å². The lowest BCUT2D eigenvalue weighted by Crippen LogP contribution is -2.20. The summed E-state index contributed by atoms with van der Waals surface area (Å²) >= 11 is 0. The summed E-state index contributed by atoms with van der Waals surface area (Å²) in [5.41, 5.74) is 0.352. The first kappa shape index (κ1) is 14.3. The van der Waals surface area contributed by atoms with E-state index in [0.29, 0.717) is 11.4 Å². The summed E-state index contributed by atoms with van der Waals surface area (Å²) in [7, 11) is 1.48. The second kappa shape index (κ2) is 6.39. The van der Waals surface area contributed by atoms with Crippen LogP contribution in [0.3, 0.4) is 0 Å². The maximum atomic E-state index is 13.4. The van der Waals surface area contributed by atoms with Crippen molar-refractivity contribution in [1.29, 1.82) is 5.26 Å². The summed E-state index contributed by atoms with van der Waals surface area (Å²) in [5, 5.41) is 13.9. The molecule has 0 heterocycles. The molecule has 0 bridgehead atoms. The minimum absolute atomic E-state index is 0.102. The Morgan fingerprint density at radius 1 is 1.14 bits per heavy atom. The number of hydrogen-bond donors (Lipinski definition) is 2. The average molecular weight is 285 g/mol. The molecule has 5 nitrogen and oxygen atoms in total. The third kappa shape index (κ3) is 3.28. The van der Waals surface area contributed by atoms with Gasteiger partial charge in [0.2, 0.25) is 0 Å². The van der Waals surface area contributed by atoms with Crippen LogP contribution >= 0.6 is 0 Å². The second-order valence-electron chi connectivity index (χ2n) is 4.05. The molecular weight excluding hydrogens is 273 g/mol. The first-order valence-corrected chi connectivity index (χ1v) is 6.05. The lowest BCUT2D eigenvalue weighted by atomic mass is 10.2. The number of nitrogens with zero attached hydrogens (tertiary/aromatic N) is 1. The largest absolute Gasteiger partial charge is 0.495 e. The number of anilines is 2. The van der Waals surface area contributed by atoms with Crippen LogP contribution in [0.1, 0.15) is 5.56 Å². The van der Waals surface area contributed by atoms with Crippen LogP contribution in [0.25, 0.3) is 0 Å². The van der Waals surface area contributed by atoms with E-state index in [2.05, 4.69) is 10.6 Å². The number of urea groups is 1. The van der Waals surface area contributed by atoms with E-state index in [1.165, 1.54) is 19.2 Å². The minimum atomic E-state index is -0.687. The van der Waals surface area contributed by atoms with Crippen molar-refractivity contribution >= 4 is 17.4 Å². The van der Waals surface area contributed by atoms with E-state index >= 15 is 0 Å². The summed E-state index contributed by atoms with van der Waals surface area (Å²) in [4.78, 5) is 11.9. The highest BCUT2D eigenvalue weighted by Crippen LogP contribution is 2.24. The van der Waals surface area contributed by atoms with E-state index in [1.807, 2.05) is 0 Å². The smallest absolute Gasteiger partial charge is 0.323 e. The van der Waals surface area contributed by atoms with E-state index in [1.54, 1.807) is 30.3 Å². The number of hydrogen-bond acceptors (Lipinski definition) is 3. The number of rotatable bonds is 3. The van der Waals surface area contributed by atoms with Crippen LogP contribution in [0.2, 0.25) is 0 Å². The topological polar surface area (TPSA) is 74.2 Å². The van der Waals surface area contributed by atoms with Crippen LogP contribution < -0.4 is 15.4 Å². The van der Waals surface area contributed by atoms with Crippen molar-refractivity contribution in [2.24, 2.45) is 0 Å². The van der Waals surface area contributed by atoms with Crippen molar-refractivity contribution in [3.05, 3.63) is 53.8 Å². The lowest BCUT2D eigenvalue weighted by Gasteiger charge is -2.11. The summed E-state index contributed by atoms with van der Waals surface area (Å²) < 4.78 is 18.5. The molecule has 0 saturated carbocycles. The molecule has 21 heavy (non-hydrogen) atoms. The maximum absolute atomic E-state index is 13.4. The monoisotopic (exact) mass is 285 g/mol. The van der Waals surface area contributed by atoms with Crippen molar-refractivity contribution in [3.8, 4) is 11.8 Å². The van der Waals surface area contributed by atoms with Crippen LogP contribution in [0.4, 0.5) is 20.6 Å². The number of ether oxygens (including phenoxy) is 1. The molecular formula is C15H12FN3O2. The molecule has 2 aromatic rings. The Balaban J connectivity index is 2.16. The fraction of sp³-hybridized carbons (Fsp3) is 0.0667. The number of methoxy groups -OCH3 is 1. The van der Waals surface area contributed by atoms with E-state index in [4.69, 9.17) is 10.00 Å². The maximum Gasteiger partial charge on any atom is 0.323 e. The van der Waals surface area contributed by atoms with Gasteiger partial charge in [-0.05, 0) is 24.3 Å². The quantitative estimate of drug-likeness (QED) is 0.908. The standard InChI is InChI=1S/C15H12FN3O2/c1-21-14-8-3-2-6-13(14)19-15(20)18-12-7-4-5-11(16)10(12)9-17/h2-8H,1H3,(H2,18,19,20). The normalized spacial score (nSPS) is 9.57. The predicted octanol–water partition coefficient (Wildman–Crippen LogP) is 3.35. The second-order valence-corrected chi connectivity index (χ2v) is 4.05. The van der Waals surface area contributed by atoms with E-state index in [9.17, 15) is 9.18 Å². The average Bonchev–Trinajstić information content (AvgIpc) is 2.48. The van der Waals surface area contributed by atoms with Crippen LogP contribution in [0.15, 0.2) is 42.5 Å². The van der Waals surface area contributed by atoms with Gasteiger partial charge >= 0.3 is 6.03 Å². The fourth-order valence-corrected chi connectivity index (χ4v) is 1.77. The summed E-state index contributed by atoms with van der Waals surface area (Å²) in [6.45, 7) is 0. The van der Waals surface area contributed by atoms with Crippen molar-refractivity contribution in [2.45, 2.75) is 0 Å². The summed E-state index contributed by atoms with van der Waals surface area (Å²) in [5.74, 6) is -0.194. The Bertz CT molecular complexity index is 710. The van der Waals surface area contributed by atoms with Gasteiger partial charge in [-0.1, -0.05) is 18.2 Å². The molecule has 0 aliphatic carbocycles. The van der Waals surface area contributed by atoms with Gasteiger partial charge in [-0.3, -0.25) is 0 Å². The molecule has 2 aromatic carbocycles. The molecule has 106 valence electrons. The molecule has 0 saturated heterocycles. The molecule has 0 atom stereocenters. The number of carbonyl (C=O) groups excluding carboxylic acids is 1. The highest BCUT2D eigenvalue weighted by molar-refractivity contribution is 6.01. The van der Waals surface area contributed by atoms with Gasteiger partial charge in [-0.25, -0.2) is 9.18 Å². The number of carbonyl (C=O) groups is 1. The predicted molar refractivity (Wildman–Crippen MR) is 76.8 cm³/mol. The summed E-state index contributed by atoms with van der Waals surface area (Å²) in [6, 6.07) is 12.0. The van der Waals surface area contributed by atoms with Gasteiger partial charge in [0.05, 0.1) is 18.5 Å². The number of amides is 2. The molecule has 2 amide bonds. The Morgan fingerprint density at radius 2 is 1.81 bits per heavy atom. The third-order valence-electron chi connectivity index (χ3n) is 2.73. The van der Waals surface area contributed by atoms with Crippen molar-refractivity contribution < 1.29 is 13.9 Å². The molecule has 0 unspecified atom stereocenters. The number of nitriles is 1. The lowest BCUT2D eigenvalue weighted by molar-refractivity contribution is 0.262. The molecule has 0 aliphatic rings. The Morgan fingerprint density at radius 3 is 2.52 bits per heavy atom. The molecule has 2 rings (SSSR count). The minimum Gasteiger partial charge on any atom is -0.495 e. The van der Waals surface area contributed by atoms with Crippen LogP contribution in [0, 0.1) is 17.1 Å². The Hall–Kier alpha value is -3.07. The van der Waals surface area contributed by atoms with Gasteiger partial charge < -0.3 is 15.4 Å². The van der Waals surface area contributed by atoms with Crippen LogP contribution in [-0.4, -0.2) is 13.1 Å². The zero-order chi connectivity index (χ0) is 15.2. The first-order chi connectivity index (χ1) is 10.2. The molecule has 0 aliphatic heterocycles. The van der Waals surface area contributed by atoms with E-state index in [0.717, 1.165) is 6.07 Å². The van der Waals surface area contributed by atoms with Crippen LogP contribution in [0.5, 0.6) is 5.75 Å². The molecule has 0 aromatic heterocycles. The number of para-hydroxylation sites is 2. The molecule has 0 spiro atoms. The Labute approximate surface area is 121 Å². The van der Waals surface area contributed by atoms with Crippen molar-refractivity contribution in [3.63, 3.8) is 0 Å². The van der Waals surface area contributed by atoms with E-state index < -0.39 is 11.8 Å². The van der Waals surface area contributed by atoms with Gasteiger partial charge in [0.25, 0.3) is 0 Å². The molecule has 0 fully saturated rings.